The van der Waals surface area contributed by atoms with Crippen LogP contribution < -0.4 is 30.6 Å². The van der Waals surface area contributed by atoms with E-state index in [0.29, 0.717) is 36.5 Å². The van der Waals surface area contributed by atoms with Gasteiger partial charge in [0.05, 0.1) is 35.8 Å². The second-order valence-electron chi connectivity index (χ2n) is 2.91. The Labute approximate surface area is 205 Å². The third kappa shape index (κ3) is 57.0. The number of hydrogen-bond donors (Lipinski definition) is 0. The molecule has 0 aliphatic heterocycles. The Balaban J connectivity index is -0.0000000817. The number of aliphatic carboxylic acids is 6. The molecular weight excluding hydrogens is 666 g/mol. The molecule has 0 fully saturated rings. The van der Waals surface area contributed by atoms with Gasteiger partial charge in [0.1, 0.15) is 0 Å². The monoisotopic (exact) mass is 672 g/mol. The van der Waals surface area contributed by atoms with E-state index in [2.05, 4.69) is 0 Å². The summed E-state index contributed by atoms with van der Waals surface area (Å²) in [5.41, 5.74) is 0. The van der Waals surface area contributed by atoms with Crippen molar-refractivity contribution in [1.82, 2.24) is 0 Å². The molecular formula is C12H6Ho2O12. The standard InChI is InChI=1S/3C4H4O4.2Ho/c3*5-3(6)1-2-4(7)8;;/h3*1-2H,(H,5,6)(H,7,8);;/q;;;2*+3/p-6/b3*2-1-;;. The van der Waals surface area contributed by atoms with Crippen LogP contribution in [0, 0.1) is 75.5 Å². The van der Waals surface area contributed by atoms with E-state index in [0.717, 1.165) is 0 Å². The van der Waals surface area contributed by atoms with Crippen LogP contribution in [-0.4, -0.2) is 35.8 Å². The van der Waals surface area contributed by atoms with E-state index in [9.17, 15) is 59.4 Å². The number of rotatable bonds is 6. The Kier molecular flexibility index (Phi) is 32.3. The maximum atomic E-state index is 9.41. The molecule has 0 heterocycles. The first-order valence-electron chi connectivity index (χ1n) is 5.18. The van der Waals surface area contributed by atoms with Gasteiger partial charge < -0.3 is 59.4 Å². The molecule has 0 aromatic carbocycles. The topological polar surface area (TPSA) is 241 Å². The van der Waals surface area contributed by atoms with Crippen LogP contribution in [0.25, 0.3) is 0 Å². The third-order valence-corrected chi connectivity index (χ3v) is 1.07. The smallest absolute Gasteiger partial charge is 0.545 e. The summed E-state index contributed by atoms with van der Waals surface area (Å²) in [6.45, 7) is 0. The third-order valence-electron chi connectivity index (χ3n) is 1.07. The molecule has 0 bridgehead atoms. The number of carbonyl (C=O) groups excluding carboxylic acids is 6. The molecule has 0 aliphatic carbocycles. The summed E-state index contributed by atoms with van der Waals surface area (Å²) in [6.07, 6.45) is 2.31. The van der Waals surface area contributed by atoms with Crippen molar-refractivity contribution >= 4 is 35.8 Å². The zero-order valence-electron chi connectivity index (χ0n) is 12.0. The molecule has 12 nitrogen and oxygen atoms in total. The van der Waals surface area contributed by atoms with Crippen LogP contribution in [0.4, 0.5) is 0 Å². The first-order valence-corrected chi connectivity index (χ1v) is 5.18. The van der Waals surface area contributed by atoms with E-state index >= 15 is 0 Å². The average molecular weight is 672 g/mol. The zero-order valence-corrected chi connectivity index (χ0v) is 15.8. The predicted molar refractivity (Wildman–Crippen MR) is 57.5 cm³/mol. The molecule has 0 N–H and O–H groups in total. The van der Waals surface area contributed by atoms with Gasteiger partial charge in [0.25, 0.3) is 0 Å². The van der Waals surface area contributed by atoms with Crippen LogP contribution in [-0.2, 0) is 28.8 Å². The summed E-state index contributed by atoms with van der Waals surface area (Å²) < 4.78 is 0. The molecule has 14 heteroatoms. The van der Waals surface area contributed by atoms with Gasteiger partial charge in [-0.15, -0.1) is 0 Å². The normalized spacial score (nSPS) is 8.77. The molecule has 0 atom stereocenters. The fourth-order valence-corrected chi connectivity index (χ4v) is 0.408. The van der Waals surface area contributed by atoms with E-state index in [4.69, 9.17) is 0 Å². The minimum Gasteiger partial charge on any atom is -0.545 e. The van der Waals surface area contributed by atoms with Crippen LogP contribution >= 0.6 is 0 Å². The van der Waals surface area contributed by atoms with Crippen molar-refractivity contribution in [3.63, 3.8) is 0 Å². The van der Waals surface area contributed by atoms with Crippen LogP contribution in [0.3, 0.4) is 0 Å². The molecule has 0 saturated heterocycles. The summed E-state index contributed by atoms with van der Waals surface area (Å²) in [6, 6.07) is 0. The van der Waals surface area contributed by atoms with Crippen LogP contribution in [0.2, 0.25) is 0 Å². The molecule has 0 unspecified atom stereocenters. The van der Waals surface area contributed by atoms with Crippen LogP contribution in [0.5, 0.6) is 0 Å². The molecule has 26 heavy (non-hydrogen) atoms. The number of hydrogen-bond acceptors (Lipinski definition) is 12. The van der Waals surface area contributed by atoms with Crippen molar-refractivity contribution < 1.29 is 135 Å². The van der Waals surface area contributed by atoms with Gasteiger partial charge in [-0.05, 0) is 36.5 Å². The molecule has 0 aromatic heterocycles. The Bertz CT molecular complexity index is 448. The fraction of sp³-hybridized carbons (Fsp3) is 0. The summed E-state index contributed by atoms with van der Waals surface area (Å²) in [7, 11) is 0. The van der Waals surface area contributed by atoms with Gasteiger partial charge in [0.2, 0.25) is 0 Å². The molecule has 0 spiro atoms. The van der Waals surface area contributed by atoms with Crippen molar-refractivity contribution in [3.05, 3.63) is 36.5 Å². The molecule has 0 aliphatic rings. The van der Waals surface area contributed by atoms with Gasteiger partial charge in [0.15, 0.2) is 0 Å². The van der Waals surface area contributed by atoms with E-state index in [-0.39, 0.29) is 75.5 Å². The largest absolute Gasteiger partial charge is 3.00 e. The van der Waals surface area contributed by atoms with Crippen molar-refractivity contribution in [3.8, 4) is 0 Å². The zero-order chi connectivity index (χ0) is 19.7. The van der Waals surface area contributed by atoms with E-state index in [1.165, 1.54) is 0 Å². The predicted octanol–water partition coefficient (Wildman–Crippen LogP) is -8.87. The van der Waals surface area contributed by atoms with Gasteiger partial charge in [0, 0.05) is 0 Å². The SMILES string of the molecule is O=C([O-])/C=C\C(=O)[O-].O=C([O-])/C=C\C(=O)[O-].O=C([O-])/C=C\C(=O)[O-].[Ho+3].[Ho+3]. The number of carbonyl (C=O) groups is 6. The average Bonchev–Trinajstić information content (AvgIpc) is 2.42. The molecule has 0 amide bonds. The Morgan fingerprint density at radius 1 is 0.346 bits per heavy atom. The minimum absolute atomic E-state index is 0. The van der Waals surface area contributed by atoms with Gasteiger partial charge in [-0.3, -0.25) is 0 Å². The Morgan fingerprint density at radius 2 is 0.423 bits per heavy atom. The van der Waals surface area contributed by atoms with Crippen molar-refractivity contribution in [2.45, 2.75) is 0 Å². The van der Waals surface area contributed by atoms with Crippen LogP contribution in [0.15, 0.2) is 36.5 Å². The summed E-state index contributed by atoms with van der Waals surface area (Å²) in [5, 5.41) is 56.5. The number of carboxylic acids is 6. The van der Waals surface area contributed by atoms with Crippen molar-refractivity contribution in [1.29, 1.82) is 0 Å². The van der Waals surface area contributed by atoms with E-state index in [1.807, 2.05) is 0 Å². The summed E-state index contributed by atoms with van der Waals surface area (Å²) >= 11 is 0. The molecule has 0 saturated carbocycles. The minimum atomic E-state index is -1.55. The van der Waals surface area contributed by atoms with Gasteiger partial charge in [-0.1, -0.05) is 0 Å². The maximum Gasteiger partial charge on any atom is 3.00 e. The molecule has 0 rings (SSSR count). The van der Waals surface area contributed by atoms with Crippen molar-refractivity contribution in [2.75, 3.05) is 0 Å². The van der Waals surface area contributed by atoms with E-state index < -0.39 is 35.8 Å². The van der Waals surface area contributed by atoms with Gasteiger partial charge in [-0.2, -0.15) is 0 Å². The first-order chi connectivity index (χ1) is 10.9. The second kappa shape index (κ2) is 23.6. The Morgan fingerprint density at radius 3 is 0.462 bits per heavy atom. The van der Waals surface area contributed by atoms with Gasteiger partial charge >= 0.3 is 75.5 Å². The van der Waals surface area contributed by atoms with Crippen LogP contribution in [0.1, 0.15) is 0 Å². The van der Waals surface area contributed by atoms with Gasteiger partial charge in [-0.25, -0.2) is 0 Å². The maximum absolute atomic E-state index is 9.41. The van der Waals surface area contributed by atoms with Crippen molar-refractivity contribution in [2.24, 2.45) is 0 Å². The molecule has 0 radical (unpaired) electrons. The summed E-state index contributed by atoms with van der Waals surface area (Å²) in [4.78, 5) is 56.5. The summed E-state index contributed by atoms with van der Waals surface area (Å²) in [5.74, 6) is -9.28. The number of carboxylic acid groups (broad SMARTS) is 6. The first kappa shape index (κ1) is 35.6. The molecule has 148 valence electrons. The Hall–Kier alpha value is -1.44. The second-order valence-corrected chi connectivity index (χ2v) is 2.91. The van der Waals surface area contributed by atoms with E-state index in [1.54, 1.807) is 0 Å². The quantitative estimate of drug-likeness (QED) is 0.189. The fourth-order valence-electron chi connectivity index (χ4n) is 0.408. The molecule has 0 aromatic rings.